The Morgan fingerprint density at radius 1 is 0.333 bits per heavy atom. The normalized spacial score (nSPS) is 12.1. The molecule has 0 aliphatic heterocycles. The SMILES string of the molecule is CCCCCCCCCCCCCCCCCCCCOC(=O)c1ccccc1C(=O)OCC(CC)S(=O)(=O)[O-].CCCCCCCCCCCCCCCCCCCCOC(=O)c1ccccc1C(=O)OCC(CC)S(=O)(=O)[O-].[Ca+2]. The second kappa shape index (κ2) is 51.8. The zero-order chi connectivity index (χ0) is 59.0. The molecule has 0 aromatic heterocycles. The quantitative estimate of drug-likeness (QED) is 0.0198. The van der Waals surface area contributed by atoms with E-state index in [0.29, 0.717) is 0 Å². The third kappa shape index (κ3) is 41.2. The maximum Gasteiger partial charge on any atom is 2.00 e. The predicted molar refractivity (Wildman–Crippen MR) is 325 cm³/mol. The molecule has 2 rings (SSSR count). The molecule has 2 aromatic carbocycles. The number of esters is 4. The Kier molecular flexibility index (Phi) is 50.1. The van der Waals surface area contributed by atoms with E-state index in [2.05, 4.69) is 13.8 Å². The number of hydrogen-bond acceptors (Lipinski definition) is 14. The van der Waals surface area contributed by atoms with Crippen LogP contribution >= 0.6 is 0 Å². The molecular weight excluding hydrogens is 1100 g/mol. The van der Waals surface area contributed by atoms with Crippen molar-refractivity contribution in [3.63, 3.8) is 0 Å². The van der Waals surface area contributed by atoms with Crippen molar-refractivity contribution in [3.8, 4) is 0 Å². The Labute approximate surface area is 521 Å². The summed E-state index contributed by atoms with van der Waals surface area (Å²) in [6, 6.07) is 12.1. The minimum atomic E-state index is -4.57. The van der Waals surface area contributed by atoms with Crippen LogP contribution in [0.3, 0.4) is 0 Å². The summed E-state index contributed by atoms with van der Waals surface area (Å²) < 4.78 is 88.0. The molecule has 0 bridgehead atoms. The van der Waals surface area contributed by atoms with Crippen molar-refractivity contribution in [2.75, 3.05) is 26.4 Å². The van der Waals surface area contributed by atoms with E-state index < -0.39 is 67.8 Å². The van der Waals surface area contributed by atoms with Crippen LogP contribution in [0.5, 0.6) is 0 Å². The van der Waals surface area contributed by atoms with Gasteiger partial charge in [0.2, 0.25) is 0 Å². The summed E-state index contributed by atoms with van der Waals surface area (Å²) >= 11 is 0. The van der Waals surface area contributed by atoms with Gasteiger partial charge < -0.3 is 28.1 Å². The number of carbonyl (C=O) groups is 4. The van der Waals surface area contributed by atoms with E-state index in [-0.39, 0.29) is 86.0 Å². The number of unbranched alkanes of at least 4 members (excludes halogenated alkanes) is 34. The molecule has 0 aliphatic rings. The first-order chi connectivity index (χ1) is 38.6. The molecule has 0 amide bonds. The molecule has 0 spiro atoms. The van der Waals surface area contributed by atoms with Gasteiger partial charge in [-0.1, -0.05) is 270 Å². The Balaban J connectivity index is 0.00000156. The van der Waals surface area contributed by atoms with Gasteiger partial charge in [0.1, 0.15) is 33.5 Å². The molecule has 0 heterocycles. The number of hydrogen-bond donors (Lipinski definition) is 0. The van der Waals surface area contributed by atoms with E-state index >= 15 is 0 Å². The fourth-order valence-electron chi connectivity index (χ4n) is 9.47. The minimum absolute atomic E-state index is 0. The summed E-state index contributed by atoms with van der Waals surface area (Å²) in [6.45, 7) is 7.02. The second-order valence-electron chi connectivity index (χ2n) is 21.6. The summed E-state index contributed by atoms with van der Waals surface area (Å²) in [5, 5.41) is -2.64. The smallest absolute Gasteiger partial charge is 0.748 e. The fourth-order valence-corrected chi connectivity index (χ4v) is 10.8. The van der Waals surface area contributed by atoms with E-state index in [0.717, 1.165) is 38.5 Å². The molecule has 0 radical (unpaired) electrons. The summed E-state index contributed by atoms with van der Waals surface area (Å²) in [4.78, 5) is 49.9. The fraction of sp³-hybridized carbons (Fsp3) is 0.750. The first-order valence-corrected chi connectivity index (χ1v) is 34.3. The van der Waals surface area contributed by atoms with Crippen LogP contribution in [0.2, 0.25) is 0 Å². The predicted octanol–water partition coefficient (Wildman–Crippen LogP) is 16.4. The monoisotopic (exact) mass is 1200 g/mol. The summed E-state index contributed by atoms with van der Waals surface area (Å²) in [5.41, 5.74) is 0.104. The van der Waals surface area contributed by atoms with Crippen LogP contribution in [0, 0.1) is 0 Å². The first-order valence-electron chi connectivity index (χ1n) is 31.4. The Morgan fingerprint density at radius 3 is 0.704 bits per heavy atom. The van der Waals surface area contributed by atoms with Gasteiger partial charge >= 0.3 is 61.6 Å². The standard InChI is InChI=1S/2C32H54O7S.Ca/c2*1-3-5-6-7-8-9-10-11-12-13-14-15-16-17-18-19-20-23-26-38-31(33)29-24-21-22-25-30(29)32(34)39-27-28(4-2)40(35,36)37;/h2*21-22,24-25,28H,3-20,23,26-27H2,1-2H3,(H,35,36,37);/q;;+2/p-2. The van der Waals surface area contributed by atoms with Gasteiger partial charge in [0.05, 0.1) is 46.0 Å². The average Bonchev–Trinajstić information content (AvgIpc) is 3.43. The third-order valence-corrected chi connectivity index (χ3v) is 17.3. The summed E-state index contributed by atoms with van der Waals surface area (Å²) in [7, 11) is -9.15. The van der Waals surface area contributed by atoms with Gasteiger partial charge in [0.25, 0.3) is 0 Å². The van der Waals surface area contributed by atoms with Crippen LogP contribution in [0.4, 0.5) is 0 Å². The van der Waals surface area contributed by atoms with Crippen molar-refractivity contribution < 1.29 is 64.1 Å². The Morgan fingerprint density at radius 2 is 0.519 bits per heavy atom. The van der Waals surface area contributed by atoms with Crippen LogP contribution in [0.15, 0.2) is 48.5 Å². The average molecular weight is 1200 g/mol. The van der Waals surface area contributed by atoms with Gasteiger partial charge in [-0.15, -0.1) is 0 Å². The van der Waals surface area contributed by atoms with Crippen molar-refractivity contribution in [2.45, 2.75) is 282 Å². The molecule has 17 heteroatoms. The van der Waals surface area contributed by atoms with E-state index in [4.69, 9.17) is 18.9 Å². The topological polar surface area (TPSA) is 220 Å². The van der Waals surface area contributed by atoms with E-state index in [1.165, 1.54) is 231 Å². The molecule has 0 fully saturated rings. The molecular formula is C64H106CaO14S2. The summed E-state index contributed by atoms with van der Waals surface area (Å²) in [6.07, 6.45) is 46.3. The molecule has 0 saturated carbocycles. The van der Waals surface area contributed by atoms with Gasteiger partial charge in [-0.3, -0.25) is 0 Å². The molecule has 2 atom stereocenters. The molecule has 460 valence electrons. The number of ether oxygens (including phenoxy) is 4. The molecule has 81 heavy (non-hydrogen) atoms. The van der Waals surface area contributed by atoms with Crippen LogP contribution in [0.1, 0.15) is 313 Å². The molecule has 0 N–H and O–H groups in total. The van der Waals surface area contributed by atoms with Crippen LogP contribution in [0.25, 0.3) is 0 Å². The van der Waals surface area contributed by atoms with Gasteiger partial charge in [0, 0.05) is 0 Å². The van der Waals surface area contributed by atoms with Crippen molar-refractivity contribution in [3.05, 3.63) is 70.8 Å². The van der Waals surface area contributed by atoms with Crippen molar-refractivity contribution in [1.29, 1.82) is 0 Å². The zero-order valence-electron chi connectivity index (χ0n) is 50.7. The van der Waals surface area contributed by atoms with Gasteiger partial charge in [-0.25, -0.2) is 36.0 Å². The van der Waals surface area contributed by atoms with Gasteiger partial charge in [0.15, 0.2) is 0 Å². The largest absolute Gasteiger partial charge is 2.00 e. The number of benzene rings is 2. The summed E-state index contributed by atoms with van der Waals surface area (Å²) in [5.74, 6) is -2.96. The van der Waals surface area contributed by atoms with Crippen molar-refractivity contribution in [1.82, 2.24) is 0 Å². The second-order valence-corrected chi connectivity index (χ2v) is 24.9. The molecule has 2 unspecified atom stereocenters. The zero-order valence-corrected chi connectivity index (χ0v) is 54.6. The minimum Gasteiger partial charge on any atom is -0.748 e. The molecule has 0 saturated heterocycles. The van der Waals surface area contributed by atoms with E-state index in [1.807, 2.05) is 0 Å². The van der Waals surface area contributed by atoms with Crippen molar-refractivity contribution in [2.24, 2.45) is 0 Å². The van der Waals surface area contributed by atoms with E-state index in [1.54, 1.807) is 24.3 Å². The van der Waals surface area contributed by atoms with E-state index in [9.17, 15) is 45.1 Å². The first kappa shape index (κ1) is 78.4. The van der Waals surface area contributed by atoms with Crippen LogP contribution in [-0.2, 0) is 39.2 Å². The maximum atomic E-state index is 12.5. The number of carbonyl (C=O) groups excluding carboxylic acids is 4. The Hall–Kier alpha value is -2.60. The third-order valence-electron chi connectivity index (χ3n) is 14.7. The molecule has 0 aliphatic carbocycles. The van der Waals surface area contributed by atoms with Crippen molar-refractivity contribution >= 4 is 81.9 Å². The van der Waals surface area contributed by atoms with Gasteiger partial charge in [-0.05, 0) is 49.9 Å². The maximum absolute atomic E-state index is 12.5. The molecule has 14 nitrogen and oxygen atoms in total. The Bertz CT molecular complexity index is 1980. The number of rotatable bonds is 50. The van der Waals surface area contributed by atoms with Gasteiger partial charge in [-0.2, -0.15) is 0 Å². The molecule has 2 aromatic rings. The van der Waals surface area contributed by atoms with Crippen LogP contribution < -0.4 is 0 Å². The van der Waals surface area contributed by atoms with Crippen LogP contribution in [-0.4, -0.2) is 124 Å².